The first-order valence-corrected chi connectivity index (χ1v) is 11.1. The van der Waals surface area contributed by atoms with E-state index in [0.717, 1.165) is 23.3 Å². The van der Waals surface area contributed by atoms with Crippen LogP contribution >= 0.6 is 11.8 Å². The minimum atomic E-state index is -3.24. The van der Waals surface area contributed by atoms with Gasteiger partial charge in [0.25, 0.3) is 5.91 Å². The standard InChI is InChI=1S/C19H21NO4S2/c1-14-11-12-20(17-5-3-4-6-18(17)25-14)19(21)13-24-15-7-9-16(10-8-15)26(2,22)23/h3-10,14H,11-13H2,1-2H3/t14-/m0/s1. The molecule has 0 saturated carbocycles. The second-order valence-electron chi connectivity index (χ2n) is 6.26. The lowest BCUT2D eigenvalue weighted by Crippen LogP contribution is -2.36. The van der Waals surface area contributed by atoms with Crippen LogP contribution in [0.1, 0.15) is 13.3 Å². The Hall–Kier alpha value is -1.99. The summed E-state index contributed by atoms with van der Waals surface area (Å²) < 4.78 is 28.6. The van der Waals surface area contributed by atoms with Gasteiger partial charge in [0.05, 0.1) is 10.6 Å². The molecule has 2 aromatic rings. The van der Waals surface area contributed by atoms with E-state index in [2.05, 4.69) is 6.92 Å². The van der Waals surface area contributed by atoms with Crippen molar-refractivity contribution in [1.29, 1.82) is 0 Å². The van der Waals surface area contributed by atoms with E-state index in [-0.39, 0.29) is 17.4 Å². The van der Waals surface area contributed by atoms with Crippen LogP contribution in [-0.2, 0) is 14.6 Å². The summed E-state index contributed by atoms with van der Waals surface area (Å²) in [6.45, 7) is 2.72. The molecule has 5 nitrogen and oxygen atoms in total. The van der Waals surface area contributed by atoms with Gasteiger partial charge in [-0.15, -0.1) is 11.8 Å². The molecule has 0 spiro atoms. The quantitative estimate of drug-likeness (QED) is 0.799. The van der Waals surface area contributed by atoms with Crippen LogP contribution in [-0.4, -0.2) is 39.0 Å². The SMILES string of the molecule is C[C@H]1CCN(C(=O)COc2ccc(S(C)(=O)=O)cc2)c2ccccc2S1. The van der Waals surface area contributed by atoms with Gasteiger partial charge in [-0.2, -0.15) is 0 Å². The molecule has 0 bridgehead atoms. The highest BCUT2D eigenvalue weighted by Crippen LogP contribution is 2.37. The summed E-state index contributed by atoms with van der Waals surface area (Å²) in [6.07, 6.45) is 2.07. The van der Waals surface area contributed by atoms with Gasteiger partial charge in [-0.05, 0) is 42.8 Å². The summed E-state index contributed by atoms with van der Waals surface area (Å²) >= 11 is 1.78. The first kappa shape index (κ1) is 18.8. The average molecular weight is 392 g/mol. The Bertz CT molecular complexity index is 894. The van der Waals surface area contributed by atoms with Gasteiger partial charge in [-0.1, -0.05) is 19.1 Å². The fourth-order valence-corrected chi connectivity index (χ4v) is 4.50. The lowest BCUT2D eigenvalue weighted by Gasteiger charge is -2.22. The molecule has 138 valence electrons. The zero-order valence-electron chi connectivity index (χ0n) is 14.7. The molecule has 1 aliphatic heterocycles. The van der Waals surface area contributed by atoms with Crippen LogP contribution in [0.5, 0.6) is 5.75 Å². The number of hydrogen-bond donors (Lipinski definition) is 0. The first-order chi connectivity index (χ1) is 12.3. The molecule has 0 aromatic heterocycles. The molecule has 26 heavy (non-hydrogen) atoms. The van der Waals surface area contributed by atoms with Crippen molar-refractivity contribution in [3.8, 4) is 5.75 Å². The number of carbonyl (C=O) groups excluding carboxylic acids is 1. The molecule has 1 aliphatic rings. The normalized spacial score (nSPS) is 17.3. The Kier molecular flexibility index (Phi) is 5.58. The lowest BCUT2D eigenvalue weighted by atomic mass is 10.2. The topological polar surface area (TPSA) is 63.7 Å². The fourth-order valence-electron chi connectivity index (χ4n) is 2.75. The molecular weight excluding hydrogens is 370 g/mol. The highest BCUT2D eigenvalue weighted by Gasteiger charge is 2.24. The number of anilines is 1. The van der Waals surface area contributed by atoms with Crippen LogP contribution < -0.4 is 9.64 Å². The molecule has 0 saturated heterocycles. The summed E-state index contributed by atoms with van der Waals surface area (Å²) in [5.41, 5.74) is 0.919. The van der Waals surface area contributed by atoms with Crippen molar-refractivity contribution in [3.63, 3.8) is 0 Å². The van der Waals surface area contributed by atoms with Gasteiger partial charge >= 0.3 is 0 Å². The van der Waals surface area contributed by atoms with Crippen molar-refractivity contribution < 1.29 is 17.9 Å². The van der Waals surface area contributed by atoms with Crippen molar-refractivity contribution in [2.75, 3.05) is 24.3 Å². The van der Waals surface area contributed by atoms with E-state index < -0.39 is 9.84 Å². The van der Waals surface area contributed by atoms with Crippen molar-refractivity contribution in [2.24, 2.45) is 0 Å². The van der Waals surface area contributed by atoms with Crippen molar-refractivity contribution in [3.05, 3.63) is 48.5 Å². The zero-order chi connectivity index (χ0) is 18.7. The Labute approximate surface area is 158 Å². The molecule has 3 rings (SSSR count). The van der Waals surface area contributed by atoms with Gasteiger partial charge in [0.15, 0.2) is 16.4 Å². The number of thioether (sulfide) groups is 1. The van der Waals surface area contributed by atoms with Crippen molar-refractivity contribution >= 4 is 33.2 Å². The van der Waals surface area contributed by atoms with E-state index in [1.807, 2.05) is 24.3 Å². The van der Waals surface area contributed by atoms with Gasteiger partial charge in [-0.3, -0.25) is 4.79 Å². The van der Waals surface area contributed by atoms with E-state index in [0.29, 0.717) is 17.5 Å². The third-order valence-corrected chi connectivity index (χ3v) is 6.52. The van der Waals surface area contributed by atoms with E-state index in [4.69, 9.17) is 4.74 Å². The lowest BCUT2D eigenvalue weighted by molar-refractivity contribution is -0.120. The molecule has 7 heteroatoms. The maximum absolute atomic E-state index is 12.7. The fraction of sp³-hybridized carbons (Fsp3) is 0.316. The van der Waals surface area contributed by atoms with Crippen LogP contribution in [0.2, 0.25) is 0 Å². The molecule has 0 radical (unpaired) electrons. The number of carbonyl (C=O) groups is 1. The number of hydrogen-bond acceptors (Lipinski definition) is 5. The van der Waals surface area contributed by atoms with Gasteiger partial charge in [0.1, 0.15) is 5.75 Å². The number of para-hydroxylation sites is 1. The van der Waals surface area contributed by atoms with Gasteiger partial charge in [-0.25, -0.2) is 8.42 Å². The molecule has 1 heterocycles. The molecule has 0 fully saturated rings. The maximum atomic E-state index is 12.7. The highest BCUT2D eigenvalue weighted by molar-refractivity contribution is 8.00. The zero-order valence-corrected chi connectivity index (χ0v) is 16.3. The average Bonchev–Trinajstić information content (AvgIpc) is 2.77. The Balaban J connectivity index is 1.70. The van der Waals surface area contributed by atoms with Crippen LogP contribution in [0.15, 0.2) is 58.3 Å². The van der Waals surface area contributed by atoms with Gasteiger partial charge in [0.2, 0.25) is 0 Å². The Morgan fingerprint density at radius 3 is 2.58 bits per heavy atom. The molecule has 0 unspecified atom stereocenters. The first-order valence-electron chi connectivity index (χ1n) is 8.33. The molecule has 0 aliphatic carbocycles. The summed E-state index contributed by atoms with van der Waals surface area (Å²) in [5, 5.41) is 0.443. The highest BCUT2D eigenvalue weighted by atomic mass is 32.2. The predicted octanol–water partition coefficient (Wildman–Crippen LogP) is 3.39. The van der Waals surface area contributed by atoms with Gasteiger partial charge in [0, 0.05) is 22.9 Å². The minimum absolute atomic E-state index is 0.0917. The van der Waals surface area contributed by atoms with E-state index >= 15 is 0 Å². The Morgan fingerprint density at radius 1 is 1.19 bits per heavy atom. The molecule has 2 aromatic carbocycles. The monoisotopic (exact) mass is 391 g/mol. The smallest absolute Gasteiger partial charge is 0.264 e. The number of amides is 1. The third-order valence-electron chi connectivity index (χ3n) is 4.16. The summed E-state index contributed by atoms with van der Waals surface area (Å²) in [5.74, 6) is 0.357. The second-order valence-corrected chi connectivity index (χ2v) is 9.76. The Morgan fingerprint density at radius 2 is 1.88 bits per heavy atom. The molecule has 1 amide bonds. The van der Waals surface area contributed by atoms with E-state index in [9.17, 15) is 13.2 Å². The van der Waals surface area contributed by atoms with Gasteiger partial charge < -0.3 is 9.64 Å². The summed E-state index contributed by atoms with van der Waals surface area (Å²) in [7, 11) is -3.24. The number of sulfone groups is 1. The number of fused-ring (bicyclic) bond motifs is 1. The number of ether oxygens (including phenoxy) is 1. The largest absolute Gasteiger partial charge is 0.484 e. The molecule has 0 N–H and O–H groups in total. The van der Waals surface area contributed by atoms with Crippen LogP contribution in [0, 0.1) is 0 Å². The van der Waals surface area contributed by atoms with Crippen LogP contribution in [0.4, 0.5) is 5.69 Å². The third kappa shape index (κ3) is 4.40. The maximum Gasteiger partial charge on any atom is 0.264 e. The van der Waals surface area contributed by atoms with E-state index in [1.54, 1.807) is 28.8 Å². The second kappa shape index (κ2) is 7.72. The van der Waals surface area contributed by atoms with E-state index in [1.165, 1.54) is 12.1 Å². The van der Waals surface area contributed by atoms with Crippen molar-refractivity contribution in [2.45, 2.75) is 28.4 Å². The van der Waals surface area contributed by atoms with Crippen LogP contribution in [0.25, 0.3) is 0 Å². The van der Waals surface area contributed by atoms with Crippen molar-refractivity contribution in [1.82, 2.24) is 0 Å². The van der Waals surface area contributed by atoms with Crippen LogP contribution in [0.3, 0.4) is 0 Å². The molecular formula is C19H21NO4S2. The number of rotatable bonds is 4. The summed E-state index contributed by atoms with van der Waals surface area (Å²) in [4.78, 5) is 15.8. The predicted molar refractivity (Wildman–Crippen MR) is 104 cm³/mol. The minimum Gasteiger partial charge on any atom is -0.484 e. The number of nitrogens with zero attached hydrogens (tertiary/aromatic N) is 1. The molecule has 1 atom stereocenters. The summed E-state index contributed by atoms with van der Waals surface area (Å²) in [6, 6.07) is 14.0. The number of benzene rings is 2.